The lowest BCUT2D eigenvalue weighted by atomic mass is 10.3. The van der Waals surface area contributed by atoms with Crippen LogP contribution in [0.2, 0.25) is 0 Å². The van der Waals surface area contributed by atoms with Crippen LogP contribution in [0, 0.1) is 23.2 Å². The first-order chi connectivity index (χ1) is 7.61. The molecule has 0 aromatic carbocycles. The summed E-state index contributed by atoms with van der Waals surface area (Å²) in [7, 11) is 2.00. The molecule has 0 aliphatic heterocycles. The highest BCUT2D eigenvalue weighted by molar-refractivity contribution is 5.55. The topological polar surface area (TPSA) is 65.9 Å². The fourth-order valence-electron chi connectivity index (χ4n) is 1.86. The van der Waals surface area contributed by atoms with Crippen LogP contribution in [-0.2, 0) is 0 Å². The summed E-state index contributed by atoms with van der Waals surface area (Å²) in [4.78, 5) is 6.33. The van der Waals surface area contributed by atoms with Gasteiger partial charge >= 0.3 is 0 Å². The first-order valence-corrected chi connectivity index (χ1v) is 5.49. The quantitative estimate of drug-likeness (QED) is 0.834. The molecule has 1 fully saturated rings. The molecule has 0 amide bonds. The average molecular weight is 216 g/mol. The van der Waals surface area contributed by atoms with Crippen molar-refractivity contribution in [1.82, 2.24) is 4.98 Å². The van der Waals surface area contributed by atoms with E-state index in [0.717, 1.165) is 24.2 Å². The van der Waals surface area contributed by atoms with Gasteiger partial charge in [0.2, 0.25) is 0 Å². The molecule has 4 heteroatoms. The lowest BCUT2D eigenvalue weighted by molar-refractivity contribution is 0.719. The predicted molar refractivity (Wildman–Crippen MR) is 63.9 cm³/mol. The molecule has 1 saturated carbocycles. The second-order valence-electron chi connectivity index (χ2n) is 4.57. The van der Waals surface area contributed by atoms with Gasteiger partial charge in [-0.3, -0.25) is 0 Å². The number of hydrogen-bond acceptors (Lipinski definition) is 4. The summed E-state index contributed by atoms with van der Waals surface area (Å²) in [5, 5.41) is 8.85. The van der Waals surface area contributed by atoms with Gasteiger partial charge in [-0.1, -0.05) is 6.92 Å². The molecule has 1 aliphatic rings. The molecule has 2 unspecified atom stereocenters. The molecule has 84 valence electrons. The van der Waals surface area contributed by atoms with Crippen molar-refractivity contribution in [3.63, 3.8) is 0 Å². The molecule has 1 aliphatic carbocycles. The van der Waals surface area contributed by atoms with Gasteiger partial charge in [-0.15, -0.1) is 0 Å². The van der Waals surface area contributed by atoms with E-state index in [0.29, 0.717) is 11.4 Å². The Balaban J connectivity index is 2.11. The maximum Gasteiger partial charge on any atom is 0.165 e. The van der Waals surface area contributed by atoms with Crippen LogP contribution >= 0.6 is 0 Å². The molecule has 1 aromatic rings. The zero-order valence-corrected chi connectivity index (χ0v) is 9.64. The average Bonchev–Trinajstić information content (AvgIpc) is 2.94. The van der Waals surface area contributed by atoms with Gasteiger partial charge in [0.25, 0.3) is 0 Å². The standard InChI is InChI=1S/C12H16N4/c1-8-5-9(8)7-16(2)12-4-3-10(14)11(6-13)15-12/h3-4,8-9H,5,7,14H2,1-2H3. The summed E-state index contributed by atoms with van der Waals surface area (Å²) in [6, 6.07) is 5.61. The van der Waals surface area contributed by atoms with E-state index in [9.17, 15) is 0 Å². The summed E-state index contributed by atoms with van der Waals surface area (Å²) in [6.07, 6.45) is 1.30. The van der Waals surface area contributed by atoms with Crippen LogP contribution in [0.3, 0.4) is 0 Å². The molecular formula is C12H16N4. The molecule has 0 saturated heterocycles. The maximum atomic E-state index is 8.85. The number of anilines is 2. The highest BCUT2D eigenvalue weighted by atomic mass is 15.2. The number of nitrogen functional groups attached to an aromatic ring is 1. The Morgan fingerprint density at radius 1 is 1.62 bits per heavy atom. The van der Waals surface area contributed by atoms with Crippen LogP contribution in [-0.4, -0.2) is 18.6 Å². The van der Waals surface area contributed by atoms with Crippen molar-refractivity contribution < 1.29 is 0 Å². The minimum absolute atomic E-state index is 0.313. The summed E-state index contributed by atoms with van der Waals surface area (Å²) < 4.78 is 0. The van der Waals surface area contributed by atoms with Crippen molar-refractivity contribution in [3.05, 3.63) is 17.8 Å². The van der Waals surface area contributed by atoms with Gasteiger partial charge in [0.1, 0.15) is 11.9 Å². The van der Waals surface area contributed by atoms with E-state index in [4.69, 9.17) is 11.0 Å². The van der Waals surface area contributed by atoms with Gasteiger partial charge in [0.05, 0.1) is 5.69 Å². The Bertz CT molecular complexity index is 435. The highest BCUT2D eigenvalue weighted by Gasteiger charge is 2.33. The fourth-order valence-corrected chi connectivity index (χ4v) is 1.86. The van der Waals surface area contributed by atoms with Gasteiger partial charge in [0, 0.05) is 13.6 Å². The summed E-state index contributed by atoms with van der Waals surface area (Å²) in [5.41, 5.74) is 6.39. The molecule has 1 aromatic heterocycles. The Labute approximate surface area is 95.7 Å². The van der Waals surface area contributed by atoms with Crippen LogP contribution in [0.25, 0.3) is 0 Å². The number of nitrogens with two attached hydrogens (primary N) is 1. The predicted octanol–water partition coefficient (Wildman–Crippen LogP) is 1.63. The van der Waals surface area contributed by atoms with Crippen LogP contribution in [0.4, 0.5) is 11.5 Å². The van der Waals surface area contributed by atoms with Crippen molar-refractivity contribution >= 4 is 11.5 Å². The molecule has 0 radical (unpaired) electrons. The van der Waals surface area contributed by atoms with E-state index < -0.39 is 0 Å². The minimum atomic E-state index is 0.313. The van der Waals surface area contributed by atoms with Crippen molar-refractivity contribution in [2.24, 2.45) is 11.8 Å². The first-order valence-electron chi connectivity index (χ1n) is 5.49. The summed E-state index contributed by atoms with van der Waals surface area (Å²) in [6.45, 7) is 3.26. The van der Waals surface area contributed by atoms with Crippen LogP contribution in [0.5, 0.6) is 0 Å². The van der Waals surface area contributed by atoms with Crippen molar-refractivity contribution in [1.29, 1.82) is 5.26 Å². The molecule has 2 atom stereocenters. The number of hydrogen-bond donors (Lipinski definition) is 1. The first kappa shape index (κ1) is 10.7. The summed E-state index contributed by atoms with van der Waals surface area (Å²) in [5.74, 6) is 2.42. The Morgan fingerprint density at radius 2 is 2.31 bits per heavy atom. The molecule has 0 bridgehead atoms. The molecule has 1 heterocycles. The monoisotopic (exact) mass is 216 g/mol. The van der Waals surface area contributed by atoms with Gasteiger partial charge in [-0.25, -0.2) is 4.98 Å². The van der Waals surface area contributed by atoms with Crippen molar-refractivity contribution in [2.45, 2.75) is 13.3 Å². The van der Waals surface area contributed by atoms with Gasteiger partial charge < -0.3 is 10.6 Å². The number of nitriles is 1. The molecule has 2 rings (SSSR count). The highest BCUT2D eigenvalue weighted by Crippen LogP contribution is 2.38. The largest absolute Gasteiger partial charge is 0.396 e. The van der Waals surface area contributed by atoms with Crippen LogP contribution < -0.4 is 10.6 Å². The second kappa shape index (κ2) is 4.01. The van der Waals surface area contributed by atoms with Gasteiger partial charge in [0.15, 0.2) is 5.69 Å². The zero-order valence-electron chi connectivity index (χ0n) is 9.64. The number of pyridine rings is 1. The van der Waals surface area contributed by atoms with E-state index in [1.165, 1.54) is 6.42 Å². The molecule has 2 N–H and O–H groups in total. The lowest BCUT2D eigenvalue weighted by Gasteiger charge is -2.18. The Kier molecular flexibility index (Phi) is 2.69. The van der Waals surface area contributed by atoms with Crippen LogP contribution in [0.1, 0.15) is 19.0 Å². The third-order valence-electron chi connectivity index (χ3n) is 3.19. The third-order valence-corrected chi connectivity index (χ3v) is 3.19. The second-order valence-corrected chi connectivity index (χ2v) is 4.57. The molecule has 4 nitrogen and oxygen atoms in total. The van der Waals surface area contributed by atoms with Gasteiger partial charge in [-0.05, 0) is 30.4 Å². The van der Waals surface area contributed by atoms with E-state index >= 15 is 0 Å². The SMILES string of the molecule is CC1CC1CN(C)c1ccc(N)c(C#N)n1. The molecule has 0 spiro atoms. The Hall–Kier alpha value is -1.76. The minimum Gasteiger partial charge on any atom is -0.396 e. The van der Waals surface area contributed by atoms with Gasteiger partial charge in [-0.2, -0.15) is 5.26 Å². The van der Waals surface area contributed by atoms with E-state index in [2.05, 4.69) is 16.8 Å². The lowest BCUT2D eigenvalue weighted by Crippen LogP contribution is -2.22. The van der Waals surface area contributed by atoms with Crippen molar-refractivity contribution in [2.75, 3.05) is 24.2 Å². The molecule has 16 heavy (non-hydrogen) atoms. The number of nitrogens with zero attached hydrogens (tertiary/aromatic N) is 3. The Morgan fingerprint density at radius 3 is 2.88 bits per heavy atom. The van der Waals surface area contributed by atoms with E-state index in [-0.39, 0.29) is 0 Å². The normalized spacial score (nSPS) is 22.6. The fraction of sp³-hybridized carbons (Fsp3) is 0.500. The summed E-state index contributed by atoms with van der Waals surface area (Å²) >= 11 is 0. The maximum absolute atomic E-state index is 8.85. The zero-order chi connectivity index (χ0) is 11.7. The van der Waals surface area contributed by atoms with Crippen LogP contribution in [0.15, 0.2) is 12.1 Å². The number of aromatic nitrogens is 1. The van der Waals surface area contributed by atoms with E-state index in [1.807, 2.05) is 19.2 Å². The third kappa shape index (κ3) is 2.08. The smallest absolute Gasteiger partial charge is 0.165 e. The molecular weight excluding hydrogens is 200 g/mol. The van der Waals surface area contributed by atoms with Crippen molar-refractivity contribution in [3.8, 4) is 6.07 Å². The number of rotatable bonds is 3. The van der Waals surface area contributed by atoms with E-state index in [1.54, 1.807) is 6.07 Å².